The lowest BCUT2D eigenvalue weighted by atomic mass is 10.0. The van der Waals surface area contributed by atoms with Crippen LogP contribution < -0.4 is 10.2 Å². The zero-order chi connectivity index (χ0) is 14.5. The standard InChI is InChI=1S/C16H22N2O2/c1-3-12(4-2)16(20)17-13-7-9-14(10-8-13)18-11-5-6-15(18)19/h7-10,12H,3-6,11H2,1-2H3,(H,17,20). The average Bonchev–Trinajstić information content (AvgIpc) is 2.87. The Bertz CT molecular complexity index is 478. The van der Waals surface area contributed by atoms with Gasteiger partial charge in [0.25, 0.3) is 0 Å². The third-order valence-electron chi connectivity index (χ3n) is 3.88. The molecule has 108 valence electrons. The largest absolute Gasteiger partial charge is 0.326 e. The number of benzene rings is 1. The Morgan fingerprint density at radius 3 is 2.40 bits per heavy atom. The number of carbonyl (C=O) groups excluding carboxylic acids is 2. The summed E-state index contributed by atoms with van der Waals surface area (Å²) >= 11 is 0. The van der Waals surface area contributed by atoms with Gasteiger partial charge in [-0.3, -0.25) is 9.59 Å². The van der Waals surface area contributed by atoms with Crippen LogP contribution in [0.4, 0.5) is 11.4 Å². The molecule has 1 aromatic carbocycles. The van der Waals surface area contributed by atoms with Crippen LogP contribution in [0.15, 0.2) is 24.3 Å². The van der Waals surface area contributed by atoms with Crippen LogP contribution in [0.5, 0.6) is 0 Å². The molecular formula is C16H22N2O2. The molecule has 0 aliphatic carbocycles. The van der Waals surface area contributed by atoms with E-state index in [9.17, 15) is 9.59 Å². The minimum atomic E-state index is 0.0647. The van der Waals surface area contributed by atoms with Crippen molar-refractivity contribution in [3.8, 4) is 0 Å². The first-order chi connectivity index (χ1) is 9.65. The number of rotatable bonds is 5. The molecule has 0 saturated carbocycles. The summed E-state index contributed by atoms with van der Waals surface area (Å²) in [6.45, 7) is 4.84. The van der Waals surface area contributed by atoms with Crippen LogP contribution >= 0.6 is 0 Å². The third-order valence-corrected chi connectivity index (χ3v) is 3.88. The van der Waals surface area contributed by atoms with Crippen LogP contribution in [0, 0.1) is 5.92 Å². The fourth-order valence-corrected chi connectivity index (χ4v) is 2.55. The summed E-state index contributed by atoms with van der Waals surface area (Å²) in [4.78, 5) is 25.5. The monoisotopic (exact) mass is 274 g/mol. The maximum atomic E-state index is 12.0. The lowest BCUT2D eigenvalue weighted by Crippen LogP contribution is -2.24. The molecule has 0 spiro atoms. The van der Waals surface area contributed by atoms with Crippen LogP contribution in [0.3, 0.4) is 0 Å². The second kappa shape index (κ2) is 6.55. The van der Waals surface area contributed by atoms with Gasteiger partial charge in [0.1, 0.15) is 0 Å². The highest BCUT2D eigenvalue weighted by Crippen LogP contribution is 2.23. The van der Waals surface area contributed by atoms with E-state index >= 15 is 0 Å². The topological polar surface area (TPSA) is 49.4 Å². The van der Waals surface area contributed by atoms with Crippen LogP contribution in [0.25, 0.3) is 0 Å². The summed E-state index contributed by atoms with van der Waals surface area (Å²) in [6.07, 6.45) is 3.25. The molecule has 1 N–H and O–H groups in total. The van der Waals surface area contributed by atoms with Gasteiger partial charge in [0.15, 0.2) is 0 Å². The van der Waals surface area contributed by atoms with E-state index in [2.05, 4.69) is 5.32 Å². The number of carbonyl (C=O) groups is 2. The quantitative estimate of drug-likeness (QED) is 0.896. The zero-order valence-corrected chi connectivity index (χ0v) is 12.2. The van der Waals surface area contributed by atoms with E-state index in [-0.39, 0.29) is 17.7 Å². The summed E-state index contributed by atoms with van der Waals surface area (Å²) in [6, 6.07) is 7.51. The normalized spacial score (nSPS) is 14.9. The molecule has 0 bridgehead atoms. The first-order valence-corrected chi connectivity index (χ1v) is 7.37. The zero-order valence-electron chi connectivity index (χ0n) is 12.2. The predicted octanol–water partition coefficient (Wildman–Crippen LogP) is 3.19. The number of anilines is 2. The lowest BCUT2D eigenvalue weighted by molar-refractivity contribution is -0.120. The minimum absolute atomic E-state index is 0.0647. The Balaban J connectivity index is 2.01. The van der Waals surface area contributed by atoms with Crippen molar-refractivity contribution in [2.75, 3.05) is 16.8 Å². The van der Waals surface area contributed by atoms with Gasteiger partial charge < -0.3 is 10.2 Å². The number of hydrogen-bond donors (Lipinski definition) is 1. The molecule has 1 fully saturated rings. The van der Waals surface area contributed by atoms with Crippen molar-refractivity contribution in [1.82, 2.24) is 0 Å². The summed E-state index contributed by atoms with van der Waals surface area (Å²) in [7, 11) is 0. The van der Waals surface area contributed by atoms with Gasteiger partial charge in [0.05, 0.1) is 0 Å². The van der Waals surface area contributed by atoms with Crippen molar-refractivity contribution in [1.29, 1.82) is 0 Å². The lowest BCUT2D eigenvalue weighted by Gasteiger charge is -2.17. The fraction of sp³-hybridized carbons (Fsp3) is 0.500. The highest BCUT2D eigenvalue weighted by Gasteiger charge is 2.21. The molecule has 1 aromatic rings. The smallest absolute Gasteiger partial charge is 0.227 e. The predicted molar refractivity (Wildman–Crippen MR) is 80.7 cm³/mol. The van der Waals surface area contributed by atoms with E-state index in [4.69, 9.17) is 0 Å². The summed E-state index contributed by atoms with van der Waals surface area (Å²) < 4.78 is 0. The summed E-state index contributed by atoms with van der Waals surface area (Å²) in [5.74, 6) is 0.314. The van der Waals surface area contributed by atoms with Gasteiger partial charge in [-0.25, -0.2) is 0 Å². The number of nitrogens with zero attached hydrogens (tertiary/aromatic N) is 1. The Morgan fingerprint density at radius 2 is 1.90 bits per heavy atom. The van der Waals surface area contributed by atoms with Crippen molar-refractivity contribution >= 4 is 23.2 Å². The highest BCUT2D eigenvalue weighted by atomic mass is 16.2. The van der Waals surface area contributed by atoms with E-state index in [1.165, 1.54) is 0 Å². The van der Waals surface area contributed by atoms with Gasteiger partial charge >= 0.3 is 0 Å². The van der Waals surface area contributed by atoms with Gasteiger partial charge in [0, 0.05) is 30.3 Å². The van der Waals surface area contributed by atoms with Crippen molar-refractivity contribution < 1.29 is 9.59 Å². The summed E-state index contributed by atoms with van der Waals surface area (Å²) in [5.41, 5.74) is 1.70. The van der Waals surface area contributed by atoms with E-state index < -0.39 is 0 Å². The average molecular weight is 274 g/mol. The van der Waals surface area contributed by atoms with Crippen molar-refractivity contribution in [2.24, 2.45) is 5.92 Å². The Kier molecular flexibility index (Phi) is 4.77. The Morgan fingerprint density at radius 1 is 1.25 bits per heavy atom. The number of hydrogen-bond acceptors (Lipinski definition) is 2. The van der Waals surface area contributed by atoms with Crippen LogP contribution in [-0.4, -0.2) is 18.4 Å². The third kappa shape index (κ3) is 3.18. The van der Waals surface area contributed by atoms with Gasteiger partial charge in [-0.15, -0.1) is 0 Å². The molecule has 1 saturated heterocycles. The Labute approximate surface area is 120 Å². The molecule has 4 nitrogen and oxygen atoms in total. The van der Waals surface area contributed by atoms with Gasteiger partial charge in [-0.05, 0) is 43.5 Å². The van der Waals surface area contributed by atoms with E-state index in [1.807, 2.05) is 38.1 Å². The summed E-state index contributed by atoms with van der Waals surface area (Å²) in [5, 5.41) is 2.93. The molecule has 0 aromatic heterocycles. The second-order valence-corrected chi connectivity index (χ2v) is 5.20. The molecule has 1 aliphatic rings. The molecule has 0 atom stereocenters. The molecule has 4 heteroatoms. The van der Waals surface area contributed by atoms with Gasteiger partial charge in [0.2, 0.25) is 11.8 Å². The number of amides is 2. The maximum Gasteiger partial charge on any atom is 0.227 e. The van der Waals surface area contributed by atoms with Crippen molar-refractivity contribution in [2.45, 2.75) is 39.5 Å². The van der Waals surface area contributed by atoms with E-state index in [0.717, 1.165) is 37.2 Å². The first-order valence-electron chi connectivity index (χ1n) is 7.37. The van der Waals surface area contributed by atoms with Gasteiger partial charge in [-0.2, -0.15) is 0 Å². The minimum Gasteiger partial charge on any atom is -0.326 e. The highest BCUT2D eigenvalue weighted by molar-refractivity contribution is 5.96. The van der Waals surface area contributed by atoms with Crippen LogP contribution in [0.2, 0.25) is 0 Å². The maximum absolute atomic E-state index is 12.0. The van der Waals surface area contributed by atoms with Crippen LogP contribution in [0.1, 0.15) is 39.5 Å². The van der Waals surface area contributed by atoms with Gasteiger partial charge in [-0.1, -0.05) is 13.8 Å². The molecular weight excluding hydrogens is 252 g/mol. The van der Waals surface area contributed by atoms with Crippen molar-refractivity contribution in [3.05, 3.63) is 24.3 Å². The second-order valence-electron chi connectivity index (χ2n) is 5.20. The molecule has 0 radical (unpaired) electrons. The number of nitrogens with one attached hydrogen (secondary N) is 1. The van der Waals surface area contributed by atoms with Crippen molar-refractivity contribution in [3.63, 3.8) is 0 Å². The van der Waals surface area contributed by atoms with E-state index in [0.29, 0.717) is 6.42 Å². The molecule has 1 aliphatic heterocycles. The fourth-order valence-electron chi connectivity index (χ4n) is 2.55. The molecule has 1 heterocycles. The first kappa shape index (κ1) is 14.6. The molecule has 0 unspecified atom stereocenters. The molecule has 2 amide bonds. The van der Waals surface area contributed by atoms with Crippen LogP contribution in [-0.2, 0) is 9.59 Å². The molecule has 20 heavy (non-hydrogen) atoms. The SMILES string of the molecule is CCC(CC)C(=O)Nc1ccc(N2CCCC2=O)cc1. The Hall–Kier alpha value is -1.84. The van der Waals surface area contributed by atoms with E-state index in [1.54, 1.807) is 4.90 Å². The molecule has 2 rings (SSSR count).